The normalized spacial score (nSPS) is 19.8. The third kappa shape index (κ3) is 3.35. The molecule has 0 aliphatic carbocycles. The van der Waals surface area contributed by atoms with Gasteiger partial charge in [-0.15, -0.1) is 0 Å². The summed E-state index contributed by atoms with van der Waals surface area (Å²) in [5.41, 5.74) is 0.831. The molecule has 0 spiro atoms. The van der Waals surface area contributed by atoms with Crippen LogP contribution in [0.15, 0.2) is 24.3 Å². The van der Waals surface area contributed by atoms with Crippen LogP contribution in [0.5, 0.6) is 5.75 Å². The molecule has 1 fully saturated rings. The summed E-state index contributed by atoms with van der Waals surface area (Å²) >= 11 is 1.88. The second kappa shape index (κ2) is 6.70. The third-order valence-electron chi connectivity index (χ3n) is 3.31. The number of carbonyl (C=O) groups excluding carboxylic acids is 1. The molecule has 1 aliphatic rings. The van der Waals surface area contributed by atoms with Crippen molar-refractivity contribution in [2.75, 3.05) is 31.0 Å². The number of carbonyl (C=O) groups is 1. The van der Waals surface area contributed by atoms with Crippen molar-refractivity contribution in [3.63, 3.8) is 0 Å². The fourth-order valence-corrected chi connectivity index (χ4v) is 3.54. The number of para-hydroxylation sites is 2. The molecule has 2 atom stereocenters. The monoisotopic (exact) mass is 281 g/mol. The van der Waals surface area contributed by atoms with Gasteiger partial charge in [0.1, 0.15) is 11.8 Å². The van der Waals surface area contributed by atoms with Gasteiger partial charge in [-0.25, -0.2) is 4.79 Å². The highest BCUT2D eigenvalue weighted by atomic mass is 32.2. The first-order valence-corrected chi connectivity index (χ1v) is 7.47. The van der Waals surface area contributed by atoms with Gasteiger partial charge in [-0.3, -0.25) is 0 Å². The zero-order valence-corrected chi connectivity index (χ0v) is 12.0. The number of esters is 1. The number of anilines is 1. The molecule has 0 bridgehead atoms. The zero-order chi connectivity index (χ0) is 13.7. The van der Waals surface area contributed by atoms with E-state index in [1.54, 1.807) is 7.11 Å². The average molecular weight is 281 g/mol. The standard InChI is InChI=1S/C14H19NO3S/c1-17-12-6-4-3-5-11(12)15-13(14(16)18-2)10-7-8-19-9-10/h3-6,10,13,15H,7-9H2,1-2H3. The summed E-state index contributed by atoms with van der Waals surface area (Å²) in [6.07, 6.45) is 1.03. The lowest BCUT2D eigenvalue weighted by atomic mass is 9.99. The Kier molecular flexibility index (Phi) is 4.96. The van der Waals surface area contributed by atoms with Crippen LogP contribution < -0.4 is 10.1 Å². The number of benzene rings is 1. The van der Waals surface area contributed by atoms with Gasteiger partial charge in [0.25, 0.3) is 0 Å². The van der Waals surface area contributed by atoms with E-state index in [0.717, 1.165) is 29.4 Å². The lowest BCUT2D eigenvalue weighted by molar-refractivity contribution is -0.142. The van der Waals surface area contributed by atoms with E-state index in [4.69, 9.17) is 9.47 Å². The van der Waals surface area contributed by atoms with Gasteiger partial charge < -0.3 is 14.8 Å². The lowest BCUT2D eigenvalue weighted by Gasteiger charge is -2.23. The first kappa shape index (κ1) is 14.1. The first-order chi connectivity index (χ1) is 9.26. The predicted octanol–water partition coefficient (Wildman–Crippen LogP) is 2.40. The summed E-state index contributed by atoms with van der Waals surface area (Å²) in [6, 6.07) is 7.30. The Morgan fingerprint density at radius 1 is 1.42 bits per heavy atom. The van der Waals surface area contributed by atoms with Gasteiger partial charge in [-0.05, 0) is 36.0 Å². The maximum atomic E-state index is 12.0. The molecule has 1 aliphatic heterocycles. The maximum absolute atomic E-state index is 12.0. The van der Waals surface area contributed by atoms with E-state index < -0.39 is 0 Å². The molecule has 0 aromatic heterocycles. The van der Waals surface area contributed by atoms with Gasteiger partial charge in [-0.1, -0.05) is 12.1 Å². The Hall–Kier alpha value is -1.36. The van der Waals surface area contributed by atoms with Gasteiger partial charge in [0.05, 0.1) is 19.9 Å². The predicted molar refractivity (Wildman–Crippen MR) is 77.9 cm³/mol. The average Bonchev–Trinajstić information content (AvgIpc) is 2.98. The quantitative estimate of drug-likeness (QED) is 0.840. The van der Waals surface area contributed by atoms with E-state index >= 15 is 0 Å². The Balaban J connectivity index is 2.17. The molecule has 2 unspecified atom stereocenters. The van der Waals surface area contributed by atoms with E-state index in [0.29, 0.717) is 5.92 Å². The molecule has 2 rings (SSSR count). The van der Waals surface area contributed by atoms with Crippen LogP contribution in [-0.2, 0) is 9.53 Å². The highest BCUT2D eigenvalue weighted by Crippen LogP contribution is 2.31. The number of thioether (sulfide) groups is 1. The van der Waals surface area contributed by atoms with E-state index in [1.165, 1.54) is 7.11 Å². The van der Waals surface area contributed by atoms with Crippen LogP contribution >= 0.6 is 11.8 Å². The minimum atomic E-state index is -0.309. The molecule has 4 nitrogen and oxygen atoms in total. The summed E-state index contributed by atoms with van der Waals surface area (Å²) in [6.45, 7) is 0. The highest BCUT2D eigenvalue weighted by molar-refractivity contribution is 7.99. The fraction of sp³-hybridized carbons (Fsp3) is 0.500. The van der Waals surface area contributed by atoms with Crippen molar-refractivity contribution < 1.29 is 14.3 Å². The Morgan fingerprint density at radius 2 is 2.21 bits per heavy atom. The third-order valence-corrected chi connectivity index (χ3v) is 4.50. The summed E-state index contributed by atoms with van der Waals surface area (Å²) < 4.78 is 10.2. The minimum absolute atomic E-state index is 0.210. The van der Waals surface area contributed by atoms with Crippen molar-refractivity contribution in [2.24, 2.45) is 5.92 Å². The molecule has 19 heavy (non-hydrogen) atoms. The fourth-order valence-electron chi connectivity index (χ4n) is 2.24. The van der Waals surface area contributed by atoms with Crippen molar-refractivity contribution in [2.45, 2.75) is 12.5 Å². The summed E-state index contributed by atoms with van der Waals surface area (Å²) in [5, 5.41) is 3.28. The van der Waals surface area contributed by atoms with E-state index in [2.05, 4.69) is 5.32 Å². The second-order valence-corrected chi connectivity index (χ2v) is 5.62. The number of rotatable bonds is 5. The van der Waals surface area contributed by atoms with Crippen molar-refractivity contribution in [3.05, 3.63) is 24.3 Å². The number of ether oxygens (including phenoxy) is 2. The molecule has 0 radical (unpaired) electrons. The van der Waals surface area contributed by atoms with Crippen LogP contribution in [0.25, 0.3) is 0 Å². The van der Waals surface area contributed by atoms with E-state index in [9.17, 15) is 4.79 Å². The molecule has 1 saturated heterocycles. The number of hydrogen-bond acceptors (Lipinski definition) is 5. The molecule has 0 amide bonds. The smallest absolute Gasteiger partial charge is 0.328 e. The minimum Gasteiger partial charge on any atom is -0.495 e. The molecule has 1 N–H and O–H groups in total. The van der Waals surface area contributed by atoms with Crippen LogP contribution in [0.1, 0.15) is 6.42 Å². The topological polar surface area (TPSA) is 47.6 Å². The molecule has 1 aromatic carbocycles. The summed E-state index contributed by atoms with van der Waals surface area (Å²) in [4.78, 5) is 12.0. The summed E-state index contributed by atoms with van der Waals surface area (Å²) in [5.74, 6) is 2.93. The van der Waals surface area contributed by atoms with Crippen LogP contribution in [0.4, 0.5) is 5.69 Å². The molecular formula is C14H19NO3S. The lowest BCUT2D eigenvalue weighted by Crippen LogP contribution is -2.38. The zero-order valence-electron chi connectivity index (χ0n) is 11.2. The van der Waals surface area contributed by atoms with Gasteiger partial charge in [0.2, 0.25) is 0 Å². The highest BCUT2D eigenvalue weighted by Gasteiger charge is 2.32. The molecular weight excluding hydrogens is 262 g/mol. The van der Waals surface area contributed by atoms with Crippen LogP contribution in [0.2, 0.25) is 0 Å². The largest absolute Gasteiger partial charge is 0.495 e. The van der Waals surface area contributed by atoms with Gasteiger partial charge >= 0.3 is 5.97 Å². The molecule has 104 valence electrons. The molecule has 5 heteroatoms. The van der Waals surface area contributed by atoms with Crippen LogP contribution in [0.3, 0.4) is 0 Å². The van der Waals surface area contributed by atoms with E-state index in [-0.39, 0.29) is 12.0 Å². The van der Waals surface area contributed by atoms with Crippen LogP contribution in [0, 0.1) is 5.92 Å². The van der Waals surface area contributed by atoms with Crippen molar-refractivity contribution in [3.8, 4) is 5.75 Å². The van der Waals surface area contributed by atoms with E-state index in [1.807, 2.05) is 36.0 Å². The Morgan fingerprint density at radius 3 is 2.84 bits per heavy atom. The maximum Gasteiger partial charge on any atom is 0.328 e. The first-order valence-electron chi connectivity index (χ1n) is 6.31. The number of methoxy groups -OCH3 is 2. The number of nitrogens with one attached hydrogen (secondary N) is 1. The van der Waals surface area contributed by atoms with Crippen LogP contribution in [-0.4, -0.2) is 37.7 Å². The van der Waals surface area contributed by atoms with Crippen molar-refractivity contribution >= 4 is 23.4 Å². The summed E-state index contributed by atoms with van der Waals surface area (Å²) in [7, 11) is 3.06. The Labute approximate surface area is 117 Å². The van der Waals surface area contributed by atoms with Crippen molar-refractivity contribution in [1.82, 2.24) is 0 Å². The second-order valence-electron chi connectivity index (χ2n) is 4.47. The molecule has 1 aromatic rings. The van der Waals surface area contributed by atoms with Crippen molar-refractivity contribution in [1.29, 1.82) is 0 Å². The van der Waals surface area contributed by atoms with Gasteiger partial charge in [0.15, 0.2) is 0 Å². The molecule has 1 heterocycles. The number of hydrogen-bond donors (Lipinski definition) is 1. The SMILES string of the molecule is COC(=O)C(Nc1ccccc1OC)C1CCSC1. The Bertz CT molecular complexity index is 432. The van der Waals surface area contributed by atoms with Gasteiger partial charge in [-0.2, -0.15) is 11.8 Å². The van der Waals surface area contributed by atoms with Gasteiger partial charge in [0, 0.05) is 0 Å². The molecule has 0 saturated carbocycles.